The van der Waals surface area contributed by atoms with E-state index < -0.39 is 0 Å². The minimum atomic E-state index is 0.0884. The molecule has 1 saturated carbocycles. The first-order chi connectivity index (χ1) is 8.84. The van der Waals surface area contributed by atoms with Crippen LogP contribution in [0.25, 0.3) is 10.2 Å². The van der Waals surface area contributed by atoms with Crippen molar-refractivity contribution in [2.45, 2.75) is 44.2 Å². The molecule has 0 amide bonds. The molecule has 4 nitrogen and oxygen atoms in total. The summed E-state index contributed by atoms with van der Waals surface area (Å²) >= 11 is 1.61. The summed E-state index contributed by atoms with van der Waals surface area (Å²) in [7, 11) is 0. The summed E-state index contributed by atoms with van der Waals surface area (Å²) in [6.07, 6.45) is 7.38. The van der Waals surface area contributed by atoms with Crippen molar-refractivity contribution in [3.63, 3.8) is 0 Å². The lowest BCUT2D eigenvalue weighted by Gasteiger charge is -2.22. The molecule has 0 bridgehead atoms. The molecule has 0 radical (unpaired) electrons. The van der Waals surface area contributed by atoms with E-state index in [9.17, 15) is 0 Å². The highest BCUT2D eigenvalue weighted by Crippen LogP contribution is 2.28. The predicted molar refractivity (Wildman–Crippen MR) is 72.9 cm³/mol. The lowest BCUT2D eigenvalue weighted by atomic mass is 10.1. The van der Waals surface area contributed by atoms with Crippen LogP contribution in [0.5, 0.6) is 5.88 Å². The van der Waals surface area contributed by atoms with E-state index in [1.165, 1.54) is 19.3 Å². The first-order valence-electron chi connectivity index (χ1n) is 6.45. The van der Waals surface area contributed by atoms with E-state index in [0.717, 1.165) is 23.1 Å². The van der Waals surface area contributed by atoms with E-state index in [1.54, 1.807) is 17.7 Å². The molecule has 5 heteroatoms. The van der Waals surface area contributed by atoms with Crippen LogP contribution in [0.3, 0.4) is 0 Å². The molecule has 3 rings (SSSR count). The number of nitrogens with zero attached hydrogens (tertiary/aromatic N) is 2. The molecule has 2 aromatic rings. The van der Waals surface area contributed by atoms with Crippen LogP contribution in [0.2, 0.25) is 0 Å². The predicted octanol–water partition coefficient (Wildman–Crippen LogP) is 2.73. The molecule has 1 aliphatic carbocycles. The van der Waals surface area contributed by atoms with Crippen LogP contribution in [0.4, 0.5) is 0 Å². The van der Waals surface area contributed by atoms with Crippen molar-refractivity contribution in [2.24, 2.45) is 5.73 Å². The number of nitrogens with two attached hydrogens (primary N) is 1. The monoisotopic (exact) mass is 263 g/mol. The smallest absolute Gasteiger partial charge is 0.225 e. The summed E-state index contributed by atoms with van der Waals surface area (Å²) in [6.45, 7) is 0. The molecule has 2 aromatic heterocycles. The number of fused-ring (bicyclic) bond motifs is 1. The van der Waals surface area contributed by atoms with E-state index in [0.29, 0.717) is 5.88 Å². The molecule has 1 aliphatic rings. The zero-order chi connectivity index (χ0) is 12.4. The molecule has 0 aromatic carbocycles. The van der Waals surface area contributed by atoms with Gasteiger partial charge in [0.15, 0.2) is 0 Å². The van der Waals surface area contributed by atoms with Crippen LogP contribution >= 0.6 is 11.3 Å². The molecular formula is C13H17N3OS. The standard InChI is InChI=1S/C13H17N3OS/c14-10-4-2-1-3-5-11(10)17-12-9-6-7-18-13(9)16-8-15-12/h6-8,10-11H,1-5,14H2. The maximum absolute atomic E-state index is 6.18. The van der Waals surface area contributed by atoms with Crippen LogP contribution in [0.15, 0.2) is 17.8 Å². The lowest BCUT2D eigenvalue weighted by molar-refractivity contribution is 0.158. The Morgan fingerprint density at radius 1 is 1.22 bits per heavy atom. The lowest BCUT2D eigenvalue weighted by Crippen LogP contribution is -2.38. The Morgan fingerprint density at radius 2 is 2.11 bits per heavy atom. The molecule has 0 spiro atoms. The molecule has 2 N–H and O–H groups in total. The van der Waals surface area contributed by atoms with Gasteiger partial charge in [0.1, 0.15) is 17.3 Å². The van der Waals surface area contributed by atoms with Crippen molar-refractivity contribution < 1.29 is 4.74 Å². The second kappa shape index (κ2) is 5.20. The molecule has 2 heterocycles. The van der Waals surface area contributed by atoms with Crippen LogP contribution in [0, 0.1) is 0 Å². The van der Waals surface area contributed by atoms with Crippen molar-refractivity contribution in [3.8, 4) is 5.88 Å². The van der Waals surface area contributed by atoms with Gasteiger partial charge in [-0.05, 0) is 30.7 Å². The number of hydrogen-bond acceptors (Lipinski definition) is 5. The molecule has 18 heavy (non-hydrogen) atoms. The van der Waals surface area contributed by atoms with Gasteiger partial charge in [0.2, 0.25) is 5.88 Å². The van der Waals surface area contributed by atoms with Crippen molar-refractivity contribution in [3.05, 3.63) is 17.8 Å². The van der Waals surface area contributed by atoms with Gasteiger partial charge in [-0.1, -0.05) is 12.8 Å². The van der Waals surface area contributed by atoms with Crippen molar-refractivity contribution >= 4 is 21.6 Å². The molecule has 0 saturated heterocycles. The normalized spacial score (nSPS) is 24.9. The Labute approximate surface area is 110 Å². The van der Waals surface area contributed by atoms with Gasteiger partial charge in [-0.25, -0.2) is 9.97 Å². The molecule has 2 atom stereocenters. The van der Waals surface area contributed by atoms with Crippen molar-refractivity contribution in [2.75, 3.05) is 0 Å². The molecule has 1 fully saturated rings. The Morgan fingerprint density at radius 3 is 3.06 bits per heavy atom. The van der Waals surface area contributed by atoms with Crippen LogP contribution < -0.4 is 10.5 Å². The fourth-order valence-electron chi connectivity index (χ4n) is 2.45. The Kier molecular flexibility index (Phi) is 3.43. The first-order valence-corrected chi connectivity index (χ1v) is 7.33. The largest absolute Gasteiger partial charge is 0.472 e. The maximum atomic E-state index is 6.18. The first kappa shape index (κ1) is 11.9. The minimum absolute atomic E-state index is 0.0884. The number of hydrogen-bond donors (Lipinski definition) is 1. The zero-order valence-electron chi connectivity index (χ0n) is 10.2. The summed E-state index contributed by atoms with van der Waals surface area (Å²) in [5, 5.41) is 3.01. The molecule has 96 valence electrons. The van der Waals surface area contributed by atoms with Gasteiger partial charge in [0.05, 0.1) is 5.39 Å². The SMILES string of the molecule is NC1CCCCCC1Oc1ncnc2sccc12. The van der Waals surface area contributed by atoms with E-state index in [1.807, 2.05) is 11.4 Å². The fraction of sp³-hybridized carbons (Fsp3) is 0.538. The Hall–Kier alpha value is -1.20. The zero-order valence-corrected chi connectivity index (χ0v) is 11.0. The second-order valence-corrected chi connectivity index (χ2v) is 5.67. The highest BCUT2D eigenvalue weighted by atomic mass is 32.1. The van der Waals surface area contributed by atoms with Crippen molar-refractivity contribution in [1.82, 2.24) is 9.97 Å². The third kappa shape index (κ3) is 2.33. The number of ether oxygens (including phenoxy) is 1. The van der Waals surface area contributed by atoms with Gasteiger partial charge in [-0.15, -0.1) is 11.3 Å². The topological polar surface area (TPSA) is 61.0 Å². The van der Waals surface area contributed by atoms with Crippen LogP contribution in [0.1, 0.15) is 32.1 Å². The fourth-order valence-corrected chi connectivity index (χ4v) is 3.18. The van der Waals surface area contributed by atoms with Gasteiger partial charge in [-0.2, -0.15) is 0 Å². The number of thiophene rings is 1. The van der Waals surface area contributed by atoms with E-state index >= 15 is 0 Å². The molecular weight excluding hydrogens is 246 g/mol. The summed E-state index contributed by atoms with van der Waals surface area (Å²) in [6, 6.07) is 2.13. The average Bonchev–Trinajstić information content (AvgIpc) is 2.77. The summed E-state index contributed by atoms with van der Waals surface area (Å²) in [4.78, 5) is 9.46. The average molecular weight is 263 g/mol. The second-order valence-electron chi connectivity index (χ2n) is 4.78. The van der Waals surface area contributed by atoms with E-state index in [2.05, 4.69) is 9.97 Å². The van der Waals surface area contributed by atoms with Gasteiger partial charge in [0, 0.05) is 6.04 Å². The summed E-state index contributed by atoms with van der Waals surface area (Å²) in [5.41, 5.74) is 6.18. The number of aromatic nitrogens is 2. The maximum Gasteiger partial charge on any atom is 0.225 e. The quantitative estimate of drug-likeness (QED) is 0.846. The summed E-state index contributed by atoms with van der Waals surface area (Å²) < 4.78 is 6.05. The van der Waals surface area contributed by atoms with Gasteiger partial charge in [-0.3, -0.25) is 0 Å². The molecule has 0 aliphatic heterocycles. The van der Waals surface area contributed by atoms with E-state index in [4.69, 9.17) is 10.5 Å². The van der Waals surface area contributed by atoms with Gasteiger partial charge >= 0.3 is 0 Å². The van der Waals surface area contributed by atoms with Crippen LogP contribution in [-0.2, 0) is 0 Å². The highest BCUT2D eigenvalue weighted by Gasteiger charge is 2.23. The minimum Gasteiger partial charge on any atom is -0.472 e. The third-order valence-electron chi connectivity index (χ3n) is 3.49. The molecule has 2 unspecified atom stereocenters. The third-order valence-corrected chi connectivity index (χ3v) is 4.31. The summed E-state index contributed by atoms with van der Waals surface area (Å²) in [5.74, 6) is 0.684. The Balaban J connectivity index is 1.84. The van der Waals surface area contributed by atoms with Crippen LogP contribution in [-0.4, -0.2) is 22.1 Å². The van der Waals surface area contributed by atoms with Gasteiger partial charge in [0.25, 0.3) is 0 Å². The van der Waals surface area contributed by atoms with Crippen molar-refractivity contribution in [1.29, 1.82) is 0 Å². The Bertz CT molecular complexity index is 528. The van der Waals surface area contributed by atoms with E-state index in [-0.39, 0.29) is 12.1 Å². The highest BCUT2D eigenvalue weighted by molar-refractivity contribution is 7.16. The number of rotatable bonds is 2. The van der Waals surface area contributed by atoms with Gasteiger partial charge < -0.3 is 10.5 Å².